The van der Waals surface area contributed by atoms with Crippen LogP contribution in [-0.2, 0) is 25.5 Å². The Bertz CT molecular complexity index is 1010. The number of esters is 2. The third kappa shape index (κ3) is 3.89. The third-order valence-corrected chi connectivity index (χ3v) is 4.88. The number of hydrogen-bond donors (Lipinski definition) is 0. The highest BCUT2D eigenvalue weighted by atomic mass is 16.7. The van der Waals surface area contributed by atoms with Crippen molar-refractivity contribution in [1.29, 1.82) is 0 Å². The van der Waals surface area contributed by atoms with Crippen LogP contribution in [0.15, 0.2) is 42.0 Å². The zero-order chi connectivity index (χ0) is 21.1. The summed E-state index contributed by atoms with van der Waals surface area (Å²) < 4.78 is 31.4. The van der Waals surface area contributed by atoms with Crippen LogP contribution in [0.2, 0.25) is 0 Å². The predicted octanol–water partition coefficient (Wildman–Crippen LogP) is 2.73. The molecule has 0 N–H and O–H groups in total. The minimum atomic E-state index is -0.881. The van der Waals surface area contributed by atoms with Gasteiger partial charge in [-0.05, 0) is 47.9 Å². The molecule has 0 aliphatic carbocycles. The molecule has 2 aromatic carbocycles. The van der Waals surface area contributed by atoms with Crippen LogP contribution in [0, 0.1) is 5.92 Å². The van der Waals surface area contributed by atoms with Crippen LogP contribution in [0.1, 0.15) is 11.1 Å². The maximum atomic E-state index is 12.6. The Morgan fingerprint density at radius 1 is 0.900 bits per heavy atom. The lowest BCUT2D eigenvalue weighted by atomic mass is 9.90. The minimum absolute atomic E-state index is 0.140. The van der Waals surface area contributed by atoms with Gasteiger partial charge in [0.1, 0.15) is 0 Å². The lowest BCUT2D eigenvalue weighted by molar-refractivity contribution is -0.147. The van der Waals surface area contributed by atoms with E-state index in [9.17, 15) is 9.59 Å². The molecular formula is C22H20O8. The number of rotatable bonds is 6. The standard InChI is InChI=1S/C22H20O8/c1-25-21(23)15(7-13-3-5-17-19(9-13)29-11-27-17)16(22(24)26-2)8-14-4-6-18-20(10-14)30-12-28-18/h3-7,9-10,16H,8,11-12H2,1-2H3/b15-7-/t16-/m1/s1. The molecule has 4 rings (SSSR count). The summed E-state index contributed by atoms with van der Waals surface area (Å²) in [5.74, 6) is 0.366. The van der Waals surface area contributed by atoms with Crippen molar-refractivity contribution in [2.24, 2.45) is 5.92 Å². The normalized spacial score (nSPS) is 14.9. The number of methoxy groups -OCH3 is 2. The number of carbonyl (C=O) groups is 2. The Labute approximate surface area is 172 Å². The highest BCUT2D eigenvalue weighted by Gasteiger charge is 2.30. The van der Waals surface area contributed by atoms with E-state index in [4.69, 9.17) is 28.4 Å². The fourth-order valence-corrected chi connectivity index (χ4v) is 3.37. The molecule has 0 spiro atoms. The summed E-state index contributed by atoms with van der Waals surface area (Å²) in [6.45, 7) is 0.290. The molecule has 8 nitrogen and oxygen atoms in total. The van der Waals surface area contributed by atoms with Gasteiger partial charge in [-0.25, -0.2) is 4.79 Å². The zero-order valence-corrected chi connectivity index (χ0v) is 16.5. The van der Waals surface area contributed by atoms with Crippen LogP contribution in [0.5, 0.6) is 23.0 Å². The van der Waals surface area contributed by atoms with Gasteiger partial charge in [0.2, 0.25) is 13.6 Å². The minimum Gasteiger partial charge on any atom is -0.469 e. The quantitative estimate of drug-likeness (QED) is 0.529. The summed E-state index contributed by atoms with van der Waals surface area (Å²) in [6, 6.07) is 10.6. The largest absolute Gasteiger partial charge is 0.469 e. The zero-order valence-electron chi connectivity index (χ0n) is 16.5. The molecule has 2 aliphatic rings. The molecule has 1 atom stereocenters. The average Bonchev–Trinajstić information content (AvgIpc) is 3.43. The summed E-state index contributed by atoms with van der Waals surface area (Å²) in [5, 5.41) is 0. The molecule has 2 heterocycles. The maximum Gasteiger partial charge on any atom is 0.334 e. The van der Waals surface area contributed by atoms with Gasteiger partial charge in [0.05, 0.1) is 25.7 Å². The molecule has 2 aliphatic heterocycles. The van der Waals surface area contributed by atoms with E-state index in [0.29, 0.717) is 28.6 Å². The summed E-state index contributed by atoms with van der Waals surface area (Å²) >= 11 is 0. The first-order valence-corrected chi connectivity index (χ1v) is 9.25. The van der Waals surface area contributed by atoms with Gasteiger partial charge < -0.3 is 28.4 Å². The van der Waals surface area contributed by atoms with Crippen LogP contribution in [0.3, 0.4) is 0 Å². The number of benzene rings is 2. The Hall–Kier alpha value is -3.68. The second-order valence-corrected chi connectivity index (χ2v) is 6.67. The molecule has 0 saturated carbocycles. The summed E-state index contributed by atoms with van der Waals surface area (Å²) in [4.78, 5) is 25.2. The van der Waals surface area contributed by atoms with E-state index in [1.54, 1.807) is 36.4 Å². The Morgan fingerprint density at radius 3 is 2.20 bits per heavy atom. The maximum absolute atomic E-state index is 12.6. The van der Waals surface area contributed by atoms with Crippen molar-refractivity contribution in [2.45, 2.75) is 6.42 Å². The first-order valence-electron chi connectivity index (χ1n) is 9.25. The first-order chi connectivity index (χ1) is 14.6. The molecule has 0 fully saturated rings. The van der Waals surface area contributed by atoms with E-state index in [1.165, 1.54) is 14.2 Å². The lowest BCUT2D eigenvalue weighted by Gasteiger charge is -2.17. The molecule has 8 heteroatoms. The fourth-order valence-electron chi connectivity index (χ4n) is 3.37. The molecule has 0 unspecified atom stereocenters. The smallest absolute Gasteiger partial charge is 0.334 e. The molecule has 2 aromatic rings. The number of hydrogen-bond acceptors (Lipinski definition) is 8. The average molecular weight is 412 g/mol. The van der Waals surface area contributed by atoms with Gasteiger partial charge in [-0.3, -0.25) is 4.79 Å². The lowest BCUT2D eigenvalue weighted by Crippen LogP contribution is -2.26. The van der Waals surface area contributed by atoms with Gasteiger partial charge in [0.15, 0.2) is 23.0 Å². The van der Waals surface area contributed by atoms with Crippen molar-refractivity contribution >= 4 is 18.0 Å². The van der Waals surface area contributed by atoms with Gasteiger partial charge >= 0.3 is 11.9 Å². The van der Waals surface area contributed by atoms with E-state index in [0.717, 1.165) is 5.56 Å². The highest BCUT2D eigenvalue weighted by Crippen LogP contribution is 2.35. The van der Waals surface area contributed by atoms with Crippen molar-refractivity contribution in [3.05, 3.63) is 53.1 Å². The second-order valence-electron chi connectivity index (χ2n) is 6.67. The number of fused-ring (bicyclic) bond motifs is 2. The number of ether oxygens (including phenoxy) is 6. The van der Waals surface area contributed by atoms with E-state index >= 15 is 0 Å². The van der Waals surface area contributed by atoms with E-state index in [-0.39, 0.29) is 25.6 Å². The summed E-state index contributed by atoms with van der Waals surface area (Å²) in [6.07, 6.45) is 1.82. The van der Waals surface area contributed by atoms with Crippen LogP contribution in [0.25, 0.3) is 6.08 Å². The summed E-state index contributed by atoms with van der Waals surface area (Å²) in [7, 11) is 2.55. The van der Waals surface area contributed by atoms with E-state index in [1.807, 2.05) is 6.07 Å². The molecule has 0 aromatic heterocycles. The predicted molar refractivity (Wildman–Crippen MR) is 104 cm³/mol. The summed E-state index contributed by atoms with van der Waals surface area (Å²) in [5.41, 5.74) is 1.62. The Balaban J connectivity index is 1.69. The van der Waals surface area contributed by atoms with E-state index in [2.05, 4.69) is 0 Å². The van der Waals surface area contributed by atoms with Gasteiger partial charge in [-0.1, -0.05) is 12.1 Å². The highest BCUT2D eigenvalue weighted by molar-refractivity contribution is 6.00. The topological polar surface area (TPSA) is 89.5 Å². The van der Waals surface area contributed by atoms with Crippen LogP contribution < -0.4 is 18.9 Å². The van der Waals surface area contributed by atoms with Crippen molar-refractivity contribution in [3.8, 4) is 23.0 Å². The fraction of sp³-hybridized carbons (Fsp3) is 0.273. The van der Waals surface area contributed by atoms with Crippen molar-refractivity contribution in [2.75, 3.05) is 27.8 Å². The van der Waals surface area contributed by atoms with Gasteiger partial charge in [-0.15, -0.1) is 0 Å². The molecule has 156 valence electrons. The molecule has 30 heavy (non-hydrogen) atoms. The first kappa shape index (κ1) is 19.6. The van der Waals surface area contributed by atoms with Gasteiger partial charge in [0, 0.05) is 0 Å². The Morgan fingerprint density at radius 2 is 1.53 bits per heavy atom. The Kier molecular flexibility index (Phi) is 5.47. The van der Waals surface area contributed by atoms with Crippen LogP contribution >= 0.6 is 0 Å². The third-order valence-electron chi connectivity index (χ3n) is 4.88. The SMILES string of the molecule is COC(=O)/C(=C\c1ccc2c(c1)OCO2)[C@@H](Cc1ccc2c(c1)OCO2)C(=O)OC. The molecule has 0 amide bonds. The monoisotopic (exact) mass is 412 g/mol. The number of carbonyl (C=O) groups excluding carboxylic acids is 2. The van der Waals surface area contributed by atoms with E-state index < -0.39 is 17.9 Å². The van der Waals surface area contributed by atoms with Crippen molar-refractivity contribution in [3.63, 3.8) is 0 Å². The van der Waals surface area contributed by atoms with Crippen LogP contribution in [-0.4, -0.2) is 39.7 Å². The van der Waals surface area contributed by atoms with Gasteiger partial charge in [-0.2, -0.15) is 0 Å². The molecule has 0 radical (unpaired) electrons. The van der Waals surface area contributed by atoms with Gasteiger partial charge in [0.25, 0.3) is 0 Å². The molecular weight excluding hydrogens is 392 g/mol. The molecule has 0 bridgehead atoms. The van der Waals surface area contributed by atoms with Crippen molar-refractivity contribution in [1.82, 2.24) is 0 Å². The van der Waals surface area contributed by atoms with Crippen LogP contribution in [0.4, 0.5) is 0 Å². The second kappa shape index (κ2) is 8.36. The molecule has 0 saturated heterocycles. The van der Waals surface area contributed by atoms with Crippen molar-refractivity contribution < 1.29 is 38.0 Å².